The predicted octanol–water partition coefficient (Wildman–Crippen LogP) is 2.64. The molecule has 1 fully saturated rings. The summed E-state index contributed by atoms with van der Waals surface area (Å²) in [4.78, 5) is 0. The minimum absolute atomic E-state index is 0.178. The molecule has 2 N–H and O–H groups in total. The number of hydrogen-bond donors (Lipinski definition) is 2. The van der Waals surface area contributed by atoms with Gasteiger partial charge in [-0.15, -0.1) is 0 Å². The van der Waals surface area contributed by atoms with Crippen molar-refractivity contribution in [2.75, 3.05) is 27.3 Å². The second kappa shape index (κ2) is 5.80. The zero-order chi connectivity index (χ0) is 13.1. The topological polar surface area (TPSA) is 50.7 Å². The molecular weight excluding hydrogens is 298 g/mol. The number of methoxy groups -OCH3 is 2. The van der Waals surface area contributed by atoms with Crippen molar-refractivity contribution in [2.24, 2.45) is 0 Å². The van der Waals surface area contributed by atoms with E-state index >= 15 is 0 Å². The van der Waals surface area contributed by atoms with E-state index < -0.39 is 0 Å². The van der Waals surface area contributed by atoms with Crippen molar-refractivity contribution in [1.82, 2.24) is 5.32 Å². The summed E-state index contributed by atoms with van der Waals surface area (Å²) in [6.45, 7) is 1.92. The average Bonchev–Trinajstić information content (AvgIpc) is 2.39. The second-order valence-corrected chi connectivity index (χ2v) is 5.25. The number of benzene rings is 1. The molecule has 1 atom stereocenters. The van der Waals surface area contributed by atoms with Gasteiger partial charge in [0.15, 0.2) is 11.5 Å². The van der Waals surface area contributed by atoms with Crippen molar-refractivity contribution in [3.8, 4) is 17.2 Å². The molecule has 5 heteroatoms. The van der Waals surface area contributed by atoms with E-state index in [1.54, 1.807) is 7.11 Å². The van der Waals surface area contributed by atoms with Gasteiger partial charge in [0, 0.05) is 22.5 Å². The van der Waals surface area contributed by atoms with Gasteiger partial charge in [-0.2, -0.15) is 0 Å². The number of nitrogens with one attached hydrogen (secondary N) is 1. The van der Waals surface area contributed by atoms with Gasteiger partial charge in [-0.3, -0.25) is 0 Å². The summed E-state index contributed by atoms with van der Waals surface area (Å²) in [5.41, 5.74) is 0.903. The molecule has 0 saturated carbocycles. The summed E-state index contributed by atoms with van der Waals surface area (Å²) in [6.07, 6.45) is 2.18. The summed E-state index contributed by atoms with van der Waals surface area (Å²) < 4.78 is 11.3. The van der Waals surface area contributed by atoms with E-state index in [9.17, 15) is 5.11 Å². The number of phenolic OH excluding ortho intramolecular Hbond substituents is 1. The lowest BCUT2D eigenvalue weighted by Crippen LogP contribution is -2.28. The number of piperidine rings is 1. The number of halogens is 1. The van der Waals surface area contributed by atoms with Gasteiger partial charge in [-0.25, -0.2) is 0 Å². The average molecular weight is 316 g/mol. The highest BCUT2D eigenvalue weighted by molar-refractivity contribution is 9.10. The maximum atomic E-state index is 10.4. The Morgan fingerprint density at radius 2 is 2.17 bits per heavy atom. The molecule has 100 valence electrons. The van der Waals surface area contributed by atoms with E-state index in [4.69, 9.17) is 9.47 Å². The third kappa shape index (κ3) is 2.42. The first kappa shape index (κ1) is 13.5. The van der Waals surface area contributed by atoms with Crippen molar-refractivity contribution in [3.05, 3.63) is 16.1 Å². The first-order chi connectivity index (χ1) is 8.69. The Kier molecular flexibility index (Phi) is 4.35. The summed E-state index contributed by atoms with van der Waals surface area (Å²) in [5, 5.41) is 13.7. The molecular formula is C13H18BrNO3. The van der Waals surface area contributed by atoms with Crippen LogP contribution in [-0.2, 0) is 0 Å². The Labute approximate surface area is 115 Å². The van der Waals surface area contributed by atoms with Crippen LogP contribution in [0, 0.1) is 0 Å². The third-order valence-corrected chi connectivity index (χ3v) is 3.99. The van der Waals surface area contributed by atoms with Gasteiger partial charge in [0.25, 0.3) is 0 Å². The van der Waals surface area contributed by atoms with Crippen LogP contribution >= 0.6 is 15.9 Å². The van der Waals surface area contributed by atoms with Gasteiger partial charge in [-0.05, 0) is 25.5 Å². The van der Waals surface area contributed by atoms with Crippen LogP contribution in [0.5, 0.6) is 17.2 Å². The molecule has 1 heterocycles. The lowest BCUT2D eigenvalue weighted by molar-refractivity contribution is 0.327. The largest absolute Gasteiger partial charge is 0.504 e. The van der Waals surface area contributed by atoms with Gasteiger partial charge >= 0.3 is 0 Å². The Hall–Kier alpha value is -0.940. The lowest BCUT2D eigenvalue weighted by Gasteiger charge is -2.26. The Morgan fingerprint density at radius 1 is 1.39 bits per heavy atom. The molecule has 0 radical (unpaired) electrons. The third-order valence-electron chi connectivity index (χ3n) is 3.34. The molecule has 4 nitrogen and oxygen atoms in total. The highest BCUT2D eigenvalue weighted by Gasteiger charge is 2.25. The van der Waals surface area contributed by atoms with Gasteiger partial charge in [0.05, 0.1) is 14.2 Å². The zero-order valence-corrected chi connectivity index (χ0v) is 12.2. The number of rotatable bonds is 3. The number of phenols is 1. The minimum Gasteiger partial charge on any atom is -0.504 e. The fourth-order valence-electron chi connectivity index (χ4n) is 2.45. The van der Waals surface area contributed by atoms with Gasteiger partial charge in [0.1, 0.15) is 0 Å². The maximum Gasteiger partial charge on any atom is 0.203 e. The van der Waals surface area contributed by atoms with Crippen molar-refractivity contribution >= 4 is 15.9 Å². The standard InChI is InChI=1S/C13H18BrNO3/c1-17-10-6-9(14)11(12(16)13(10)18-2)8-4-3-5-15-7-8/h6,8,15-16H,3-5,7H2,1-2H3. The second-order valence-electron chi connectivity index (χ2n) is 4.40. The minimum atomic E-state index is 0.178. The molecule has 0 aliphatic carbocycles. The molecule has 0 aromatic heterocycles. The Morgan fingerprint density at radius 3 is 2.72 bits per heavy atom. The van der Waals surface area contributed by atoms with Gasteiger partial charge in [0.2, 0.25) is 5.75 Å². The van der Waals surface area contributed by atoms with Crippen LogP contribution in [0.25, 0.3) is 0 Å². The zero-order valence-electron chi connectivity index (χ0n) is 10.6. The van der Waals surface area contributed by atoms with Crippen LogP contribution in [-0.4, -0.2) is 32.4 Å². The highest BCUT2D eigenvalue weighted by atomic mass is 79.9. The lowest BCUT2D eigenvalue weighted by atomic mass is 9.90. The normalized spacial score (nSPS) is 19.6. The number of aromatic hydroxyl groups is 1. The molecule has 0 amide bonds. The van der Waals surface area contributed by atoms with Crippen molar-refractivity contribution < 1.29 is 14.6 Å². The Bertz CT molecular complexity index is 431. The van der Waals surface area contributed by atoms with Crippen molar-refractivity contribution in [1.29, 1.82) is 0 Å². The van der Waals surface area contributed by atoms with Crippen LogP contribution < -0.4 is 14.8 Å². The van der Waals surface area contributed by atoms with E-state index in [-0.39, 0.29) is 5.75 Å². The summed E-state index contributed by atoms with van der Waals surface area (Å²) >= 11 is 3.51. The molecule has 1 unspecified atom stereocenters. The fraction of sp³-hybridized carbons (Fsp3) is 0.538. The number of ether oxygens (including phenoxy) is 2. The molecule has 1 saturated heterocycles. The summed E-state index contributed by atoms with van der Waals surface area (Å²) in [7, 11) is 3.10. The summed E-state index contributed by atoms with van der Waals surface area (Å²) in [6, 6.07) is 1.85. The van der Waals surface area contributed by atoms with E-state index in [0.29, 0.717) is 17.4 Å². The quantitative estimate of drug-likeness (QED) is 0.900. The monoisotopic (exact) mass is 315 g/mol. The molecule has 0 bridgehead atoms. The molecule has 18 heavy (non-hydrogen) atoms. The molecule has 2 rings (SSSR count). The molecule has 1 aliphatic heterocycles. The first-order valence-electron chi connectivity index (χ1n) is 6.03. The molecule has 0 spiro atoms. The van der Waals surface area contributed by atoms with Crippen LogP contribution in [0.1, 0.15) is 24.3 Å². The highest BCUT2D eigenvalue weighted by Crippen LogP contribution is 2.47. The predicted molar refractivity (Wildman–Crippen MR) is 73.8 cm³/mol. The van der Waals surface area contributed by atoms with E-state index in [0.717, 1.165) is 36.0 Å². The number of hydrogen-bond acceptors (Lipinski definition) is 4. The van der Waals surface area contributed by atoms with Crippen molar-refractivity contribution in [3.63, 3.8) is 0 Å². The van der Waals surface area contributed by atoms with E-state index in [1.807, 2.05) is 6.07 Å². The Balaban J connectivity index is 2.46. The van der Waals surface area contributed by atoms with Crippen LogP contribution in [0.4, 0.5) is 0 Å². The van der Waals surface area contributed by atoms with Crippen LogP contribution in [0.3, 0.4) is 0 Å². The van der Waals surface area contributed by atoms with Crippen LogP contribution in [0.15, 0.2) is 10.5 Å². The maximum absolute atomic E-state index is 10.4. The molecule has 1 aliphatic rings. The van der Waals surface area contributed by atoms with Gasteiger partial charge in [-0.1, -0.05) is 15.9 Å². The van der Waals surface area contributed by atoms with Crippen LogP contribution in [0.2, 0.25) is 0 Å². The molecule has 1 aromatic carbocycles. The van der Waals surface area contributed by atoms with E-state index in [2.05, 4.69) is 21.2 Å². The smallest absolute Gasteiger partial charge is 0.203 e. The van der Waals surface area contributed by atoms with Crippen molar-refractivity contribution in [2.45, 2.75) is 18.8 Å². The first-order valence-corrected chi connectivity index (χ1v) is 6.82. The summed E-state index contributed by atoms with van der Waals surface area (Å²) in [5.74, 6) is 1.42. The molecule has 1 aromatic rings. The SMILES string of the molecule is COc1cc(Br)c(C2CCCNC2)c(O)c1OC. The van der Waals surface area contributed by atoms with E-state index in [1.165, 1.54) is 7.11 Å². The fourth-order valence-corrected chi connectivity index (χ4v) is 3.17. The van der Waals surface area contributed by atoms with Gasteiger partial charge < -0.3 is 19.9 Å².